The molecule has 2 aromatic carbocycles. The van der Waals surface area contributed by atoms with Gasteiger partial charge in [-0.3, -0.25) is 0 Å². The predicted molar refractivity (Wildman–Crippen MR) is 85.6 cm³/mol. The minimum Gasteiger partial charge on any atom is -0.366 e. The summed E-state index contributed by atoms with van der Waals surface area (Å²) in [5.41, 5.74) is 3.62. The topological polar surface area (TPSA) is 103 Å². The number of nitrogens with two attached hydrogens (primary N) is 1. The lowest BCUT2D eigenvalue weighted by Gasteiger charge is -2.16. The predicted octanol–water partition coefficient (Wildman–Crippen LogP) is 3.83. The van der Waals surface area contributed by atoms with E-state index in [2.05, 4.69) is 20.5 Å². The van der Waals surface area contributed by atoms with Crippen molar-refractivity contribution in [3.8, 4) is 17.2 Å². The van der Waals surface area contributed by atoms with Gasteiger partial charge in [0.15, 0.2) is 0 Å². The Bertz CT molecular complexity index is 985. The molecule has 26 heavy (non-hydrogen) atoms. The number of H-pyrrole nitrogens is 1. The first kappa shape index (κ1) is 17.2. The fourth-order valence-electron chi connectivity index (χ4n) is 2.37. The molecule has 1 heterocycles. The van der Waals surface area contributed by atoms with E-state index in [0.29, 0.717) is 0 Å². The van der Waals surface area contributed by atoms with Gasteiger partial charge in [-0.1, -0.05) is 12.1 Å². The summed E-state index contributed by atoms with van der Waals surface area (Å²) in [6, 6.07) is 8.67. The molecule has 1 aromatic heterocycles. The molecule has 0 saturated carbocycles. The van der Waals surface area contributed by atoms with Crippen LogP contribution >= 0.6 is 0 Å². The van der Waals surface area contributed by atoms with Gasteiger partial charge in [0, 0.05) is 11.3 Å². The van der Waals surface area contributed by atoms with Crippen LogP contribution in [0.2, 0.25) is 0 Å². The van der Waals surface area contributed by atoms with Gasteiger partial charge in [0.2, 0.25) is 11.9 Å². The molecule has 4 N–H and O–H groups in total. The lowest BCUT2D eigenvalue weighted by atomic mass is 9.97. The lowest BCUT2D eigenvalue weighted by Crippen LogP contribution is -2.10. The molecule has 0 aliphatic heterocycles. The maximum absolute atomic E-state index is 14.5. The third kappa shape index (κ3) is 3.41. The lowest BCUT2D eigenvalue weighted by molar-refractivity contribution is -0.137. The standard InChI is InChI=1S/C16H10F4N6/c17-12-6-10(23-15-24-14(22)25-26-15)5-11(16(18,19)20)13(12)9-3-1-8(7-21)2-4-9/h1-6H,(H4,22,23,24,25,26). The van der Waals surface area contributed by atoms with Crippen LogP contribution in [-0.2, 0) is 6.18 Å². The van der Waals surface area contributed by atoms with Gasteiger partial charge in [-0.25, -0.2) is 9.49 Å². The van der Waals surface area contributed by atoms with Crippen LogP contribution in [0.1, 0.15) is 11.1 Å². The van der Waals surface area contributed by atoms with E-state index in [1.54, 1.807) is 0 Å². The normalized spacial score (nSPS) is 11.2. The zero-order chi connectivity index (χ0) is 18.9. The molecule has 0 aliphatic rings. The van der Waals surface area contributed by atoms with Gasteiger partial charge in [0.25, 0.3) is 0 Å². The summed E-state index contributed by atoms with van der Waals surface area (Å²) in [5.74, 6) is -1.22. The Morgan fingerprint density at radius 2 is 1.85 bits per heavy atom. The number of aromatic amines is 1. The monoisotopic (exact) mass is 362 g/mol. The van der Waals surface area contributed by atoms with Crippen molar-refractivity contribution in [2.75, 3.05) is 11.1 Å². The summed E-state index contributed by atoms with van der Waals surface area (Å²) >= 11 is 0. The summed E-state index contributed by atoms with van der Waals surface area (Å²) in [4.78, 5) is 3.69. The van der Waals surface area contributed by atoms with E-state index in [4.69, 9.17) is 11.0 Å². The van der Waals surface area contributed by atoms with Gasteiger partial charge in [0.1, 0.15) is 5.82 Å². The molecule has 0 saturated heterocycles. The molecule has 0 atom stereocenters. The quantitative estimate of drug-likeness (QED) is 0.615. The van der Waals surface area contributed by atoms with Gasteiger partial charge in [-0.05, 0) is 29.8 Å². The van der Waals surface area contributed by atoms with Crippen molar-refractivity contribution in [2.24, 2.45) is 0 Å². The van der Waals surface area contributed by atoms with Crippen LogP contribution in [-0.4, -0.2) is 15.2 Å². The number of hydrogen-bond donors (Lipinski definition) is 3. The third-order valence-electron chi connectivity index (χ3n) is 3.46. The highest BCUT2D eigenvalue weighted by Gasteiger charge is 2.36. The van der Waals surface area contributed by atoms with Crippen LogP contribution in [0, 0.1) is 17.1 Å². The van der Waals surface area contributed by atoms with Crippen LogP contribution in [0.15, 0.2) is 36.4 Å². The number of halogens is 4. The Kier molecular flexibility index (Phi) is 4.21. The van der Waals surface area contributed by atoms with Crippen molar-refractivity contribution in [2.45, 2.75) is 6.18 Å². The van der Waals surface area contributed by atoms with E-state index in [1.807, 2.05) is 6.07 Å². The first-order chi connectivity index (χ1) is 12.3. The molecule has 0 unspecified atom stereocenters. The smallest absolute Gasteiger partial charge is 0.366 e. The number of nitrogen functional groups attached to an aromatic ring is 1. The Hall–Kier alpha value is -3.61. The fraction of sp³-hybridized carbons (Fsp3) is 0.0625. The van der Waals surface area contributed by atoms with E-state index in [-0.39, 0.29) is 28.7 Å². The maximum atomic E-state index is 14.5. The first-order valence-electron chi connectivity index (χ1n) is 7.14. The summed E-state index contributed by atoms with van der Waals surface area (Å²) in [6.07, 6.45) is -4.80. The zero-order valence-electron chi connectivity index (χ0n) is 12.9. The van der Waals surface area contributed by atoms with Gasteiger partial charge in [-0.2, -0.15) is 23.4 Å². The van der Waals surface area contributed by atoms with Gasteiger partial charge < -0.3 is 11.1 Å². The molecule has 3 aromatic rings. The van der Waals surface area contributed by atoms with Crippen molar-refractivity contribution < 1.29 is 17.6 Å². The number of rotatable bonds is 3. The number of alkyl halides is 3. The van der Waals surface area contributed by atoms with Crippen LogP contribution in [0.25, 0.3) is 11.1 Å². The average molecular weight is 362 g/mol. The van der Waals surface area contributed by atoms with Crippen LogP contribution < -0.4 is 11.1 Å². The highest BCUT2D eigenvalue weighted by atomic mass is 19.4. The highest BCUT2D eigenvalue weighted by Crippen LogP contribution is 2.40. The Morgan fingerprint density at radius 1 is 1.15 bits per heavy atom. The van der Waals surface area contributed by atoms with E-state index >= 15 is 0 Å². The second-order valence-electron chi connectivity index (χ2n) is 5.23. The maximum Gasteiger partial charge on any atom is 0.417 e. The Labute approximate surface area is 144 Å². The molecule has 0 spiro atoms. The number of nitriles is 1. The first-order valence-corrected chi connectivity index (χ1v) is 7.14. The van der Waals surface area contributed by atoms with Crippen molar-refractivity contribution >= 4 is 17.6 Å². The summed E-state index contributed by atoms with van der Waals surface area (Å²) < 4.78 is 55.0. The summed E-state index contributed by atoms with van der Waals surface area (Å²) in [7, 11) is 0. The van der Waals surface area contributed by atoms with Crippen LogP contribution in [0.4, 0.5) is 35.1 Å². The van der Waals surface area contributed by atoms with E-state index in [1.165, 1.54) is 24.3 Å². The van der Waals surface area contributed by atoms with Crippen LogP contribution in [0.5, 0.6) is 0 Å². The van der Waals surface area contributed by atoms with Gasteiger partial charge >= 0.3 is 6.18 Å². The van der Waals surface area contributed by atoms with Crippen molar-refractivity contribution in [3.05, 3.63) is 53.3 Å². The average Bonchev–Trinajstić information content (AvgIpc) is 2.98. The largest absolute Gasteiger partial charge is 0.417 e. The second kappa shape index (κ2) is 6.36. The highest BCUT2D eigenvalue weighted by molar-refractivity contribution is 5.73. The molecule has 0 amide bonds. The molecule has 0 aliphatic carbocycles. The fourth-order valence-corrected chi connectivity index (χ4v) is 2.37. The number of anilines is 3. The minimum absolute atomic E-state index is 0.00397. The third-order valence-corrected chi connectivity index (χ3v) is 3.46. The molecular formula is C16H10F4N6. The zero-order valence-corrected chi connectivity index (χ0v) is 12.9. The second-order valence-corrected chi connectivity index (χ2v) is 5.23. The Morgan fingerprint density at radius 3 is 2.38 bits per heavy atom. The summed E-state index contributed by atoms with van der Waals surface area (Å²) in [5, 5.41) is 17.1. The van der Waals surface area contributed by atoms with E-state index in [9.17, 15) is 17.6 Å². The SMILES string of the molecule is N#Cc1ccc(-c2c(F)cc(Nc3nc(N)n[nH]3)cc2C(F)(F)F)cc1. The molecule has 6 nitrogen and oxygen atoms in total. The number of nitrogens with zero attached hydrogens (tertiary/aromatic N) is 3. The summed E-state index contributed by atoms with van der Waals surface area (Å²) in [6.45, 7) is 0. The van der Waals surface area contributed by atoms with Crippen molar-refractivity contribution in [1.29, 1.82) is 5.26 Å². The van der Waals surface area contributed by atoms with Crippen molar-refractivity contribution in [1.82, 2.24) is 15.2 Å². The van der Waals surface area contributed by atoms with E-state index < -0.39 is 23.1 Å². The molecule has 132 valence electrons. The van der Waals surface area contributed by atoms with Gasteiger partial charge in [-0.15, -0.1) is 5.10 Å². The molecule has 0 fully saturated rings. The molecule has 0 radical (unpaired) electrons. The number of nitrogens with one attached hydrogen (secondary N) is 2. The number of benzene rings is 2. The molecule has 10 heteroatoms. The van der Waals surface area contributed by atoms with Gasteiger partial charge in [0.05, 0.1) is 17.2 Å². The molecule has 0 bridgehead atoms. The van der Waals surface area contributed by atoms with Crippen molar-refractivity contribution in [3.63, 3.8) is 0 Å². The number of aromatic nitrogens is 3. The number of hydrogen-bond acceptors (Lipinski definition) is 5. The molecule has 3 rings (SSSR count). The van der Waals surface area contributed by atoms with Crippen LogP contribution in [0.3, 0.4) is 0 Å². The van der Waals surface area contributed by atoms with E-state index in [0.717, 1.165) is 12.1 Å². The molecular weight excluding hydrogens is 352 g/mol. The minimum atomic E-state index is -4.80. The Balaban J connectivity index is 2.10.